The van der Waals surface area contributed by atoms with Crippen LogP contribution in [0, 0.1) is 18.3 Å². The summed E-state index contributed by atoms with van der Waals surface area (Å²) in [6, 6.07) is 6.07. The quantitative estimate of drug-likeness (QED) is 0.873. The summed E-state index contributed by atoms with van der Waals surface area (Å²) in [5, 5.41) is 12.1. The number of rotatable bonds is 3. The van der Waals surface area contributed by atoms with Crippen molar-refractivity contribution < 1.29 is 0 Å². The van der Waals surface area contributed by atoms with E-state index < -0.39 is 0 Å². The second kappa shape index (κ2) is 4.71. The zero-order chi connectivity index (χ0) is 12.3. The van der Waals surface area contributed by atoms with Gasteiger partial charge < -0.3 is 9.88 Å². The van der Waals surface area contributed by atoms with Gasteiger partial charge >= 0.3 is 0 Å². The number of aromatic nitrogens is 2. The third-order valence-electron chi connectivity index (χ3n) is 2.55. The first-order chi connectivity index (χ1) is 8.19. The molecule has 0 atom stereocenters. The van der Waals surface area contributed by atoms with Crippen molar-refractivity contribution >= 4 is 5.69 Å². The van der Waals surface area contributed by atoms with Crippen LogP contribution in [0.25, 0.3) is 0 Å². The van der Waals surface area contributed by atoms with Crippen molar-refractivity contribution in [3.05, 3.63) is 47.5 Å². The van der Waals surface area contributed by atoms with E-state index in [0.717, 1.165) is 16.8 Å². The van der Waals surface area contributed by atoms with E-state index >= 15 is 0 Å². The van der Waals surface area contributed by atoms with Crippen LogP contribution in [0.15, 0.2) is 30.7 Å². The number of aryl methyl sites for hydroxylation is 2. The van der Waals surface area contributed by atoms with Crippen molar-refractivity contribution in [1.29, 1.82) is 5.26 Å². The van der Waals surface area contributed by atoms with E-state index in [9.17, 15) is 0 Å². The third kappa shape index (κ3) is 2.64. The van der Waals surface area contributed by atoms with Gasteiger partial charge in [-0.3, -0.25) is 4.98 Å². The number of anilines is 1. The van der Waals surface area contributed by atoms with Gasteiger partial charge in [-0.15, -0.1) is 0 Å². The molecule has 2 aromatic rings. The normalized spacial score (nSPS) is 9.94. The van der Waals surface area contributed by atoms with Gasteiger partial charge in [0.05, 0.1) is 5.69 Å². The molecule has 0 bridgehead atoms. The Morgan fingerprint density at radius 2 is 2.24 bits per heavy atom. The highest BCUT2D eigenvalue weighted by atomic mass is 14.9. The Labute approximate surface area is 101 Å². The van der Waals surface area contributed by atoms with Gasteiger partial charge in [0, 0.05) is 32.2 Å². The SMILES string of the molecule is Cc1cncc(NCc2cc(C#N)n(C)c2)c1. The molecule has 4 nitrogen and oxygen atoms in total. The van der Waals surface area contributed by atoms with E-state index in [2.05, 4.69) is 16.4 Å². The van der Waals surface area contributed by atoms with E-state index in [1.54, 1.807) is 6.20 Å². The standard InChI is InChI=1S/C13H14N4/c1-10-3-12(8-15-6-10)16-7-11-4-13(5-14)17(2)9-11/h3-4,6,8-9,16H,7H2,1-2H3. The van der Waals surface area contributed by atoms with Crippen molar-refractivity contribution in [2.45, 2.75) is 13.5 Å². The molecule has 0 radical (unpaired) electrons. The molecule has 17 heavy (non-hydrogen) atoms. The van der Waals surface area contributed by atoms with Crippen LogP contribution in [0.4, 0.5) is 5.69 Å². The molecule has 0 aliphatic rings. The maximum atomic E-state index is 8.85. The van der Waals surface area contributed by atoms with Crippen LogP contribution in [-0.4, -0.2) is 9.55 Å². The zero-order valence-electron chi connectivity index (χ0n) is 9.94. The van der Waals surface area contributed by atoms with Crippen molar-refractivity contribution in [3.8, 4) is 6.07 Å². The van der Waals surface area contributed by atoms with E-state index in [1.165, 1.54) is 0 Å². The van der Waals surface area contributed by atoms with Gasteiger partial charge in [-0.05, 0) is 30.2 Å². The molecule has 0 aromatic carbocycles. The fraction of sp³-hybridized carbons (Fsp3) is 0.231. The molecule has 0 saturated carbocycles. The highest BCUT2D eigenvalue weighted by Gasteiger charge is 2.02. The molecular formula is C13H14N4. The molecule has 1 N–H and O–H groups in total. The largest absolute Gasteiger partial charge is 0.380 e. The van der Waals surface area contributed by atoms with Crippen molar-refractivity contribution in [1.82, 2.24) is 9.55 Å². The van der Waals surface area contributed by atoms with Gasteiger partial charge in [0.25, 0.3) is 0 Å². The lowest BCUT2D eigenvalue weighted by molar-refractivity contribution is 0.902. The monoisotopic (exact) mass is 226 g/mol. The van der Waals surface area contributed by atoms with Gasteiger partial charge in [0.2, 0.25) is 0 Å². The molecule has 2 rings (SSSR count). The summed E-state index contributed by atoms with van der Waals surface area (Å²) in [6.45, 7) is 2.70. The molecular weight excluding hydrogens is 212 g/mol. The molecule has 2 aromatic heterocycles. The Kier molecular flexibility index (Phi) is 3.10. The van der Waals surface area contributed by atoms with E-state index in [1.807, 2.05) is 43.1 Å². The highest BCUT2D eigenvalue weighted by Crippen LogP contribution is 2.11. The van der Waals surface area contributed by atoms with Crippen LogP contribution in [0.3, 0.4) is 0 Å². The minimum Gasteiger partial charge on any atom is -0.380 e. The molecule has 4 heteroatoms. The smallest absolute Gasteiger partial charge is 0.120 e. The first-order valence-corrected chi connectivity index (χ1v) is 5.40. The Morgan fingerprint density at radius 1 is 1.41 bits per heavy atom. The van der Waals surface area contributed by atoms with Gasteiger partial charge in [-0.2, -0.15) is 5.26 Å². The number of nitrogens with one attached hydrogen (secondary N) is 1. The van der Waals surface area contributed by atoms with Crippen LogP contribution in [-0.2, 0) is 13.6 Å². The topological polar surface area (TPSA) is 53.6 Å². The van der Waals surface area contributed by atoms with Crippen molar-refractivity contribution in [2.75, 3.05) is 5.32 Å². The van der Waals surface area contributed by atoms with Crippen LogP contribution in [0.1, 0.15) is 16.8 Å². The molecule has 0 saturated heterocycles. The fourth-order valence-corrected chi connectivity index (χ4v) is 1.70. The lowest BCUT2D eigenvalue weighted by Gasteiger charge is -2.04. The van der Waals surface area contributed by atoms with Crippen LogP contribution >= 0.6 is 0 Å². The van der Waals surface area contributed by atoms with E-state index in [0.29, 0.717) is 12.2 Å². The van der Waals surface area contributed by atoms with Crippen molar-refractivity contribution in [2.24, 2.45) is 7.05 Å². The number of nitrogens with zero attached hydrogens (tertiary/aromatic N) is 3. The lowest BCUT2D eigenvalue weighted by Crippen LogP contribution is -1.99. The summed E-state index contributed by atoms with van der Waals surface area (Å²) in [6.07, 6.45) is 5.57. The Morgan fingerprint density at radius 3 is 2.88 bits per heavy atom. The summed E-state index contributed by atoms with van der Waals surface area (Å²) in [5.41, 5.74) is 3.88. The highest BCUT2D eigenvalue weighted by molar-refractivity contribution is 5.43. The predicted molar refractivity (Wildman–Crippen MR) is 66.4 cm³/mol. The molecule has 0 spiro atoms. The van der Waals surface area contributed by atoms with Gasteiger partial charge in [0.1, 0.15) is 11.8 Å². The van der Waals surface area contributed by atoms with E-state index in [-0.39, 0.29) is 0 Å². The first-order valence-electron chi connectivity index (χ1n) is 5.40. The molecule has 0 fully saturated rings. The molecule has 0 amide bonds. The molecule has 0 unspecified atom stereocenters. The maximum absolute atomic E-state index is 8.85. The lowest BCUT2D eigenvalue weighted by atomic mass is 10.2. The zero-order valence-corrected chi connectivity index (χ0v) is 9.94. The minimum absolute atomic E-state index is 0.671. The Balaban J connectivity index is 2.05. The molecule has 86 valence electrons. The minimum atomic E-state index is 0.671. The fourth-order valence-electron chi connectivity index (χ4n) is 1.70. The molecule has 0 aliphatic heterocycles. The van der Waals surface area contributed by atoms with Gasteiger partial charge in [-0.25, -0.2) is 0 Å². The summed E-state index contributed by atoms with van der Waals surface area (Å²) in [4.78, 5) is 4.12. The third-order valence-corrected chi connectivity index (χ3v) is 2.55. The summed E-state index contributed by atoms with van der Waals surface area (Å²) in [5.74, 6) is 0. The second-order valence-electron chi connectivity index (χ2n) is 4.06. The van der Waals surface area contributed by atoms with Crippen molar-refractivity contribution in [3.63, 3.8) is 0 Å². The van der Waals surface area contributed by atoms with Crippen LogP contribution in [0.5, 0.6) is 0 Å². The summed E-state index contributed by atoms with van der Waals surface area (Å²) < 4.78 is 1.82. The molecule has 0 aliphatic carbocycles. The average Bonchev–Trinajstić information content (AvgIpc) is 2.67. The number of nitriles is 1. The first kappa shape index (κ1) is 11.2. The Bertz CT molecular complexity index is 563. The maximum Gasteiger partial charge on any atom is 0.120 e. The van der Waals surface area contributed by atoms with Crippen LogP contribution < -0.4 is 5.32 Å². The van der Waals surface area contributed by atoms with E-state index in [4.69, 9.17) is 5.26 Å². The number of hydrogen-bond acceptors (Lipinski definition) is 3. The summed E-state index contributed by atoms with van der Waals surface area (Å²) >= 11 is 0. The van der Waals surface area contributed by atoms with Gasteiger partial charge in [-0.1, -0.05) is 0 Å². The number of pyridine rings is 1. The number of hydrogen-bond donors (Lipinski definition) is 1. The predicted octanol–water partition coefficient (Wildman–Crippen LogP) is 2.21. The molecule has 2 heterocycles. The average molecular weight is 226 g/mol. The van der Waals surface area contributed by atoms with Crippen LogP contribution in [0.2, 0.25) is 0 Å². The summed E-state index contributed by atoms with van der Waals surface area (Å²) in [7, 11) is 1.87. The Hall–Kier alpha value is -2.28. The second-order valence-corrected chi connectivity index (χ2v) is 4.06. The van der Waals surface area contributed by atoms with Gasteiger partial charge in [0.15, 0.2) is 0 Å².